The maximum atomic E-state index is 7.10. The van der Waals surface area contributed by atoms with Crippen molar-refractivity contribution in [2.75, 3.05) is 20.3 Å². The molecule has 0 heterocycles. The van der Waals surface area contributed by atoms with Crippen LogP contribution in [0.1, 0.15) is 24.8 Å². The van der Waals surface area contributed by atoms with E-state index >= 15 is 0 Å². The molecule has 0 aliphatic heterocycles. The molecule has 1 aromatic rings. The fraction of sp³-hybridized carbons (Fsp3) is 0.500. The van der Waals surface area contributed by atoms with E-state index in [1.54, 1.807) is 7.11 Å². The summed E-state index contributed by atoms with van der Waals surface area (Å²) in [5.41, 5.74) is 6.53. The SMILES string of the molecule is COCCc1ccc(OCCCCC(=N)N)cc1. The maximum Gasteiger partial charge on any atom is 0.119 e. The van der Waals surface area contributed by atoms with Gasteiger partial charge in [-0.2, -0.15) is 0 Å². The van der Waals surface area contributed by atoms with Gasteiger partial charge in [0.1, 0.15) is 5.75 Å². The van der Waals surface area contributed by atoms with Crippen LogP contribution < -0.4 is 10.5 Å². The van der Waals surface area contributed by atoms with Gasteiger partial charge in [-0.3, -0.25) is 5.41 Å². The number of nitrogens with two attached hydrogens (primary N) is 1. The molecule has 0 atom stereocenters. The number of benzene rings is 1. The van der Waals surface area contributed by atoms with Crippen LogP contribution in [0.3, 0.4) is 0 Å². The van der Waals surface area contributed by atoms with Crippen LogP contribution >= 0.6 is 0 Å². The van der Waals surface area contributed by atoms with Crippen LogP contribution in [0.5, 0.6) is 5.75 Å². The van der Waals surface area contributed by atoms with Crippen LogP contribution in [-0.2, 0) is 11.2 Å². The molecule has 0 saturated carbocycles. The predicted molar refractivity (Wildman–Crippen MR) is 73.3 cm³/mol. The first-order valence-electron chi connectivity index (χ1n) is 6.26. The highest BCUT2D eigenvalue weighted by Crippen LogP contribution is 2.13. The molecule has 0 unspecified atom stereocenters. The fourth-order valence-corrected chi connectivity index (χ4v) is 1.58. The highest BCUT2D eigenvalue weighted by atomic mass is 16.5. The molecule has 100 valence electrons. The van der Waals surface area contributed by atoms with E-state index in [2.05, 4.69) is 12.1 Å². The van der Waals surface area contributed by atoms with Gasteiger partial charge in [0.25, 0.3) is 0 Å². The summed E-state index contributed by atoms with van der Waals surface area (Å²) >= 11 is 0. The largest absolute Gasteiger partial charge is 0.494 e. The third-order valence-electron chi connectivity index (χ3n) is 2.63. The molecule has 1 rings (SSSR count). The monoisotopic (exact) mass is 250 g/mol. The van der Waals surface area contributed by atoms with E-state index in [9.17, 15) is 0 Å². The second kappa shape index (κ2) is 8.53. The summed E-state index contributed by atoms with van der Waals surface area (Å²) in [5, 5.41) is 7.10. The third kappa shape index (κ3) is 6.25. The number of hydrogen-bond acceptors (Lipinski definition) is 3. The molecule has 0 bridgehead atoms. The quantitative estimate of drug-likeness (QED) is 0.401. The minimum absolute atomic E-state index is 0.248. The van der Waals surface area contributed by atoms with Crippen molar-refractivity contribution in [2.24, 2.45) is 5.73 Å². The molecular formula is C14H22N2O2. The van der Waals surface area contributed by atoms with Crippen molar-refractivity contribution in [3.63, 3.8) is 0 Å². The zero-order chi connectivity index (χ0) is 13.2. The second-order valence-electron chi connectivity index (χ2n) is 4.22. The van der Waals surface area contributed by atoms with Crippen LogP contribution in [0.25, 0.3) is 0 Å². The summed E-state index contributed by atoms with van der Waals surface area (Å²) in [6.07, 6.45) is 3.40. The summed E-state index contributed by atoms with van der Waals surface area (Å²) in [6, 6.07) is 8.08. The van der Waals surface area contributed by atoms with Gasteiger partial charge in [0.15, 0.2) is 0 Å². The van der Waals surface area contributed by atoms with E-state index in [0.717, 1.165) is 31.6 Å². The van der Waals surface area contributed by atoms with Gasteiger partial charge in [-0.1, -0.05) is 12.1 Å². The van der Waals surface area contributed by atoms with Crippen LogP contribution in [0.15, 0.2) is 24.3 Å². The zero-order valence-corrected chi connectivity index (χ0v) is 10.9. The summed E-state index contributed by atoms with van der Waals surface area (Å²) in [5.74, 6) is 1.14. The Bertz CT molecular complexity index is 349. The van der Waals surface area contributed by atoms with Crippen LogP contribution in [0.4, 0.5) is 0 Å². The first kappa shape index (κ1) is 14.5. The van der Waals surface area contributed by atoms with Gasteiger partial charge in [0.05, 0.1) is 19.0 Å². The number of methoxy groups -OCH3 is 1. The summed E-state index contributed by atoms with van der Waals surface area (Å²) in [4.78, 5) is 0. The zero-order valence-electron chi connectivity index (χ0n) is 10.9. The number of hydrogen-bond donors (Lipinski definition) is 2. The first-order valence-corrected chi connectivity index (χ1v) is 6.26. The number of rotatable bonds is 9. The molecule has 0 saturated heterocycles. The van der Waals surface area contributed by atoms with Crippen molar-refractivity contribution >= 4 is 5.84 Å². The van der Waals surface area contributed by atoms with Crippen molar-refractivity contribution < 1.29 is 9.47 Å². The maximum absolute atomic E-state index is 7.10. The van der Waals surface area contributed by atoms with Gasteiger partial charge < -0.3 is 15.2 Å². The Labute approximate surface area is 109 Å². The van der Waals surface area contributed by atoms with Gasteiger partial charge in [0, 0.05) is 13.5 Å². The fourth-order valence-electron chi connectivity index (χ4n) is 1.58. The molecule has 1 aromatic carbocycles. The molecular weight excluding hydrogens is 228 g/mol. The van der Waals surface area contributed by atoms with Gasteiger partial charge in [-0.05, 0) is 37.0 Å². The summed E-state index contributed by atoms with van der Waals surface area (Å²) < 4.78 is 10.6. The topological polar surface area (TPSA) is 68.3 Å². The first-order chi connectivity index (χ1) is 8.72. The highest BCUT2D eigenvalue weighted by molar-refractivity contribution is 5.76. The lowest BCUT2D eigenvalue weighted by Crippen LogP contribution is -2.09. The smallest absolute Gasteiger partial charge is 0.119 e. The average Bonchev–Trinajstić information content (AvgIpc) is 2.37. The number of ether oxygens (including phenoxy) is 2. The third-order valence-corrected chi connectivity index (χ3v) is 2.63. The molecule has 4 heteroatoms. The summed E-state index contributed by atoms with van der Waals surface area (Å²) in [7, 11) is 1.71. The summed E-state index contributed by atoms with van der Waals surface area (Å²) in [6.45, 7) is 1.41. The molecule has 0 fully saturated rings. The molecule has 4 nitrogen and oxygen atoms in total. The molecule has 0 aliphatic carbocycles. The molecule has 0 aromatic heterocycles. The highest BCUT2D eigenvalue weighted by Gasteiger charge is 1.97. The minimum Gasteiger partial charge on any atom is -0.494 e. The van der Waals surface area contributed by atoms with Crippen LogP contribution in [0.2, 0.25) is 0 Å². The van der Waals surface area contributed by atoms with Gasteiger partial charge in [0.2, 0.25) is 0 Å². The molecule has 0 radical (unpaired) electrons. The Hall–Kier alpha value is -1.55. The normalized spacial score (nSPS) is 10.3. The standard InChI is InChI=1S/C14H22N2O2/c1-17-11-9-12-5-7-13(8-6-12)18-10-3-2-4-14(15)16/h5-8H,2-4,9-11H2,1H3,(H3,15,16). The minimum atomic E-state index is 0.248. The predicted octanol–water partition coefficient (Wildman–Crippen LogP) is 2.36. The number of nitrogens with one attached hydrogen (secondary N) is 1. The molecule has 0 amide bonds. The van der Waals surface area contributed by atoms with Crippen LogP contribution in [0, 0.1) is 5.41 Å². The van der Waals surface area contributed by atoms with Gasteiger partial charge in [-0.15, -0.1) is 0 Å². The van der Waals surface area contributed by atoms with E-state index in [0.29, 0.717) is 13.0 Å². The molecule has 0 spiro atoms. The van der Waals surface area contributed by atoms with E-state index in [1.807, 2.05) is 12.1 Å². The van der Waals surface area contributed by atoms with Gasteiger partial charge >= 0.3 is 0 Å². The van der Waals surface area contributed by atoms with E-state index < -0.39 is 0 Å². The number of amidine groups is 1. The molecule has 3 N–H and O–H groups in total. The lowest BCUT2D eigenvalue weighted by molar-refractivity contribution is 0.202. The van der Waals surface area contributed by atoms with Crippen molar-refractivity contribution in [3.8, 4) is 5.75 Å². The Morgan fingerprint density at radius 3 is 2.50 bits per heavy atom. The molecule has 0 aliphatic rings. The number of unbranched alkanes of at least 4 members (excludes halogenated alkanes) is 1. The van der Waals surface area contributed by atoms with Crippen LogP contribution in [-0.4, -0.2) is 26.2 Å². The van der Waals surface area contributed by atoms with E-state index in [4.69, 9.17) is 20.6 Å². The van der Waals surface area contributed by atoms with E-state index in [1.165, 1.54) is 5.56 Å². The lowest BCUT2D eigenvalue weighted by Gasteiger charge is -2.07. The van der Waals surface area contributed by atoms with Crippen molar-refractivity contribution in [2.45, 2.75) is 25.7 Å². The Balaban J connectivity index is 2.20. The van der Waals surface area contributed by atoms with Crippen molar-refractivity contribution in [1.29, 1.82) is 5.41 Å². The Kier molecular flexibility index (Phi) is 6.87. The van der Waals surface area contributed by atoms with Gasteiger partial charge in [-0.25, -0.2) is 0 Å². The lowest BCUT2D eigenvalue weighted by atomic mass is 10.1. The van der Waals surface area contributed by atoms with Crippen molar-refractivity contribution in [3.05, 3.63) is 29.8 Å². The Morgan fingerprint density at radius 1 is 1.17 bits per heavy atom. The Morgan fingerprint density at radius 2 is 1.89 bits per heavy atom. The van der Waals surface area contributed by atoms with E-state index in [-0.39, 0.29) is 5.84 Å². The second-order valence-corrected chi connectivity index (χ2v) is 4.22. The average molecular weight is 250 g/mol. The molecule has 18 heavy (non-hydrogen) atoms. The van der Waals surface area contributed by atoms with Crippen molar-refractivity contribution in [1.82, 2.24) is 0 Å².